The SMILES string of the molecule is CCCC(CCC)(NCC)C(=O)O. The molecule has 3 heteroatoms. The Kier molecular flexibility index (Phi) is 5.71. The number of aliphatic carboxylic acids is 1. The van der Waals surface area contributed by atoms with Gasteiger partial charge in [-0.3, -0.25) is 4.79 Å². The van der Waals surface area contributed by atoms with E-state index in [0.717, 1.165) is 12.8 Å². The van der Waals surface area contributed by atoms with Crippen LogP contribution in [0.3, 0.4) is 0 Å². The third-order valence-corrected chi connectivity index (χ3v) is 2.28. The molecule has 0 amide bonds. The number of hydrogen-bond donors (Lipinski definition) is 2. The quantitative estimate of drug-likeness (QED) is 0.641. The van der Waals surface area contributed by atoms with Gasteiger partial charge >= 0.3 is 5.97 Å². The van der Waals surface area contributed by atoms with E-state index in [1.165, 1.54) is 0 Å². The molecule has 0 heterocycles. The van der Waals surface area contributed by atoms with Crippen molar-refractivity contribution >= 4 is 5.97 Å². The standard InChI is InChI=1S/C10H21NO2/c1-4-7-10(8-5-2,9(12)13)11-6-3/h11H,4-8H2,1-3H3,(H,12,13). The highest BCUT2D eigenvalue weighted by molar-refractivity contribution is 5.78. The van der Waals surface area contributed by atoms with Gasteiger partial charge in [0.1, 0.15) is 5.54 Å². The second-order valence-corrected chi connectivity index (χ2v) is 3.42. The van der Waals surface area contributed by atoms with Crippen LogP contribution < -0.4 is 5.32 Å². The summed E-state index contributed by atoms with van der Waals surface area (Å²) in [6.45, 7) is 6.70. The summed E-state index contributed by atoms with van der Waals surface area (Å²) in [5.74, 6) is -0.710. The van der Waals surface area contributed by atoms with Gasteiger partial charge < -0.3 is 10.4 Å². The van der Waals surface area contributed by atoms with Crippen molar-refractivity contribution in [3.8, 4) is 0 Å². The summed E-state index contributed by atoms with van der Waals surface area (Å²) >= 11 is 0. The molecule has 0 saturated heterocycles. The summed E-state index contributed by atoms with van der Waals surface area (Å²) in [7, 11) is 0. The van der Waals surface area contributed by atoms with Gasteiger partial charge in [-0.25, -0.2) is 0 Å². The van der Waals surface area contributed by atoms with Gasteiger partial charge in [-0.15, -0.1) is 0 Å². The Morgan fingerprint density at radius 2 is 1.69 bits per heavy atom. The minimum Gasteiger partial charge on any atom is -0.480 e. The lowest BCUT2D eigenvalue weighted by Crippen LogP contribution is -2.51. The first-order valence-corrected chi connectivity index (χ1v) is 5.11. The predicted octanol–water partition coefficient (Wildman–Crippen LogP) is 2.02. The molecule has 0 fully saturated rings. The Bertz CT molecular complexity index is 140. The van der Waals surface area contributed by atoms with Crippen LogP contribution in [-0.4, -0.2) is 23.2 Å². The van der Waals surface area contributed by atoms with Crippen LogP contribution in [-0.2, 0) is 4.79 Å². The fraction of sp³-hybridized carbons (Fsp3) is 0.900. The zero-order chi connectivity index (χ0) is 10.3. The van der Waals surface area contributed by atoms with Crippen molar-refractivity contribution in [3.63, 3.8) is 0 Å². The summed E-state index contributed by atoms with van der Waals surface area (Å²) < 4.78 is 0. The number of carboxylic acid groups (broad SMARTS) is 1. The smallest absolute Gasteiger partial charge is 0.323 e. The highest BCUT2D eigenvalue weighted by atomic mass is 16.4. The van der Waals surface area contributed by atoms with Crippen LogP contribution in [0, 0.1) is 0 Å². The zero-order valence-electron chi connectivity index (χ0n) is 8.89. The largest absolute Gasteiger partial charge is 0.480 e. The molecule has 0 aromatic rings. The van der Waals surface area contributed by atoms with E-state index in [9.17, 15) is 4.79 Å². The van der Waals surface area contributed by atoms with E-state index in [-0.39, 0.29) is 0 Å². The van der Waals surface area contributed by atoms with Gasteiger partial charge in [0.15, 0.2) is 0 Å². The van der Waals surface area contributed by atoms with Crippen molar-refractivity contribution in [3.05, 3.63) is 0 Å². The number of hydrogen-bond acceptors (Lipinski definition) is 2. The fourth-order valence-electron chi connectivity index (χ4n) is 1.78. The first-order valence-electron chi connectivity index (χ1n) is 5.11. The van der Waals surface area contributed by atoms with Crippen molar-refractivity contribution in [2.24, 2.45) is 0 Å². The predicted molar refractivity (Wildman–Crippen MR) is 53.9 cm³/mol. The Balaban J connectivity index is 4.48. The van der Waals surface area contributed by atoms with Crippen molar-refractivity contribution in [2.45, 2.75) is 52.0 Å². The lowest BCUT2D eigenvalue weighted by Gasteiger charge is -2.29. The lowest BCUT2D eigenvalue weighted by atomic mass is 9.88. The maximum Gasteiger partial charge on any atom is 0.323 e. The number of likely N-dealkylation sites (N-methyl/N-ethyl adjacent to an activating group) is 1. The van der Waals surface area contributed by atoms with Crippen molar-refractivity contribution in [2.75, 3.05) is 6.54 Å². The lowest BCUT2D eigenvalue weighted by molar-refractivity contribution is -0.145. The Morgan fingerprint density at radius 3 is 1.92 bits per heavy atom. The molecular weight excluding hydrogens is 166 g/mol. The first-order chi connectivity index (χ1) is 6.13. The number of carbonyl (C=O) groups is 1. The van der Waals surface area contributed by atoms with Crippen LogP contribution in [0.1, 0.15) is 46.5 Å². The first kappa shape index (κ1) is 12.4. The van der Waals surface area contributed by atoms with Crippen molar-refractivity contribution < 1.29 is 9.90 Å². The molecule has 0 rings (SSSR count). The van der Waals surface area contributed by atoms with E-state index in [1.807, 2.05) is 20.8 Å². The molecule has 0 spiro atoms. The third-order valence-electron chi connectivity index (χ3n) is 2.28. The molecule has 2 N–H and O–H groups in total. The van der Waals surface area contributed by atoms with E-state index < -0.39 is 11.5 Å². The molecule has 0 aromatic carbocycles. The van der Waals surface area contributed by atoms with Gasteiger partial charge in [-0.05, 0) is 19.4 Å². The monoisotopic (exact) mass is 187 g/mol. The molecule has 13 heavy (non-hydrogen) atoms. The molecular formula is C10H21NO2. The molecule has 0 aliphatic carbocycles. The summed E-state index contributed by atoms with van der Waals surface area (Å²) in [5.41, 5.74) is -0.682. The zero-order valence-corrected chi connectivity index (χ0v) is 8.89. The maximum atomic E-state index is 11.1. The van der Waals surface area contributed by atoms with Crippen molar-refractivity contribution in [1.29, 1.82) is 0 Å². The Morgan fingerprint density at radius 1 is 1.23 bits per heavy atom. The normalized spacial score (nSPS) is 11.6. The minimum absolute atomic E-state index is 0.682. The van der Waals surface area contributed by atoms with Crippen LogP contribution in [0.4, 0.5) is 0 Å². The summed E-state index contributed by atoms with van der Waals surface area (Å²) in [5, 5.41) is 12.3. The summed E-state index contributed by atoms with van der Waals surface area (Å²) in [6.07, 6.45) is 3.23. The second-order valence-electron chi connectivity index (χ2n) is 3.42. The Hall–Kier alpha value is -0.570. The maximum absolute atomic E-state index is 11.1. The molecule has 0 atom stereocenters. The fourth-order valence-corrected chi connectivity index (χ4v) is 1.78. The molecule has 0 bridgehead atoms. The number of nitrogens with one attached hydrogen (secondary N) is 1. The van der Waals surface area contributed by atoms with E-state index in [4.69, 9.17) is 5.11 Å². The molecule has 0 aromatic heterocycles. The summed E-state index contributed by atoms with van der Waals surface area (Å²) in [6, 6.07) is 0. The molecule has 3 nitrogen and oxygen atoms in total. The molecule has 0 unspecified atom stereocenters. The van der Waals surface area contributed by atoms with Gasteiger partial charge in [-0.2, -0.15) is 0 Å². The average molecular weight is 187 g/mol. The van der Waals surface area contributed by atoms with Crippen LogP contribution in [0.15, 0.2) is 0 Å². The highest BCUT2D eigenvalue weighted by Crippen LogP contribution is 2.19. The van der Waals surface area contributed by atoms with Crippen LogP contribution in [0.5, 0.6) is 0 Å². The molecule has 0 aliphatic heterocycles. The van der Waals surface area contributed by atoms with E-state index >= 15 is 0 Å². The van der Waals surface area contributed by atoms with E-state index in [2.05, 4.69) is 5.32 Å². The van der Waals surface area contributed by atoms with Crippen molar-refractivity contribution in [1.82, 2.24) is 5.32 Å². The Labute approximate surface area is 80.5 Å². The minimum atomic E-state index is -0.710. The molecule has 0 radical (unpaired) electrons. The van der Waals surface area contributed by atoms with Crippen LogP contribution >= 0.6 is 0 Å². The van der Waals surface area contributed by atoms with Gasteiger partial charge in [0.2, 0.25) is 0 Å². The third kappa shape index (κ3) is 3.35. The molecule has 0 saturated carbocycles. The summed E-state index contributed by atoms with van der Waals surface area (Å²) in [4.78, 5) is 11.1. The van der Waals surface area contributed by atoms with Gasteiger partial charge in [0, 0.05) is 0 Å². The second kappa shape index (κ2) is 5.97. The topological polar surface area (TPSA) is 49.3 Å². The van der Waals surface area contributed by atoms with Gasteiger partial charge in [-0.1, -0.05) is 33.6 Å². The van der Waals surface area contributed by atoms with Gasteiger partial charge in [0.05, 0.1) is 0 Å². The van der Waals surface area contributed by atoms with E-state index in [1.54, 1.807) is 0 Å². The number of rotatable bonds is 7. The van der Waals surface area contributed by atoms with Gasteiger partial charge in [0.25, 0.3) is 0 Å². The molecule has 0 aliphatic rings. The number of carboxylic acids is 1. The molecule has 78 valence electrons. The van der Waals surface area contributed by atoms with E-state index in [0.29, 0.717) is 19.4 Å². The van der Waals surface area contributed by atoms with Crippen LogP contribution in [0.25, 0.3) is 0 Å². The average Bonchev–Trinajstić information content (AvgIpc) is 2.05. The highest BCUT2D eigenvalue weighted by Gasteiger charge is 2.35. The van der Waals surface area contributed by atoms with Crippen LogP contribution in [0.2, 0.25) is 0 Å².